The largest absolute Gasteiger partial charge is 0.341 e. The summed E-state index contributed by atoms with van der Waals surface area (Å²) in [5.74, 6) is -0.426. The third-order valence-electron chi connectivity index (χ3n) is 5.37. The predicted molar refractivity (Wildman–Crippen MR) is 94.1 cm³/mol. The van der Waals surface area contributed by atoms with Gasteiger partial charge < -0.3 is 4.90 Å². The maximum absolute atomic E-state index is 13.2. The molecular formula is C19H19FN2O3S. The molecule has 1 amide bonds. The standard InChI is InChI=1S/C19H19FN2O3S/c1-14(23)21-11-10-19(13-21)17-4-2-3-5-18(17)26(24,25)22(19)12-15-6-8-16(20)9-7-15/h2-9H,10-13H2,1H3/t19-/m1/s1. The summed E-state index contributed by atoms with van der Waals surface area (Å²) in [5.41, 5.74) is 0.685. The van der Waals surface area contributed by atoms with Crippen LogP contribution in [-0.4, -0.2) is 36.6 Å². The Morgan fingerprint density at radius 2 is 1.85 bits per heavy atom. The predicted octanol–water partition coefficient (Wildman–Crippen LogP) is 2.48. The van der Waals surface area contributed by atoms with Gasteiger partial charge in [-0.2, -0.15) is 4.31 Å². The summed E-state index contributed by atoms with van der Waals surface area (Å²) in [6.07, 6.45) is 0.546. The molecular weight excluding hydrogens is 355 g/mol. The number of hydrogen-bond donors (Lipinski definition) is 0. The molecule has 26 heavy (non-hydrogen) atoms. The highest BCUT2D eigenvalue weighted by atomic mass is 32.2. The molecule has 2 heterocycles. The Morgan fingerprint density at radius 3 is 2.50 bits per heavy atom. The normalized spacial score (nSPS) is 24.2. The van der Waals surface area contributed by atoms with Gasteiger partial charge in [-0.1, -0.05) is 30.3 Å². The lowest BCUT2D eigenvalue weighted by Crippen LogP contribution is -2.45. The molecule has 2 aromatic carbocycles. The van der Waals surface area contributed by atoms with E-state index in [1.807, 2.05) is 12.1 Å². The Kier molecular flexibility index (Phi) is 3.89. The van der Waals surface area contributed by atoms with Crippen molar-refractivity contribution in [2.75, 3.05) is 13.1 Å². The topological polar surface area (TPSA) is 57.7 Å². The monoisotopic (exact) mass is 374 g/mol. The molecule has 0 bridgehead atoms. The highest BCUT2D eigenvalue weighted by Gasteiger charge is 2.56. The number of halogens is 1. The van der Waals surface area contributed by atoms with E-state index in [2.05, 4.69) is 0 Å². The minimum absolute atomic E-state index is 0.0645. The van der Waals surface area contributed by atoms with Crippen LogP contribution < -0.4 is 0 Å². The van der Waals surface area contributed by atoms with Gasteiger partial charge >= 0.3 is 0 Å². The van der Waals surface area contributed by atoms with Gasteiger partial charge in [0.25, 0.3) is 0 Å². The number of carbonyl (C=O) groups excluding carboxylic acids is 1. The molecule has 1 fully saturated rings. The number of rotatable bonds is 2. The van der Waals surface area contributed by atoms with Crippen molar-refractivity contribution in [3.05, 3.63) is 65.5 Å². The molecule has 2 aliphatic heterocycles. The summed E-state index contributed by atoms with van der Waals surface area (Å²) in [5, 5.41) is 0. The summed E-state index contributed by atoms with van der Waals surface area (Å²) < 4.78 is 41.2. The van der Waals surface area contributed by atoms with Crippen molar-refractivity contribution >= 4 is 15.9 Å². The molecule has 0 unspecified atom stereocenters. The van der Waals surface area contributed by atoms with Crippen molar-refractivity contribution in [1.29, 1.82) is 0 Å². The van der Waals surface area contributed by atoms with Crippen LogP contribution in [0.3, 0.4) is 0 Å². The van der Waals surface area contributed by atoms with Crippen molar-refractivity contribution in [3.63, 3.8) is 0 Å². The molecule has 1 saturated heterocycles. The molecule has 4 rings (SSSR count). The zero-order valence-corrected chi connectivity index (χ0v) is 15.2. The smallest absolute Gasteiger partial charge is 0.244 e. The fraction of sp³-hybridized carbons (Fsp3) is 0.316. The highest BCUT2D eigenvalue weighted by molar-refractivity contribution is 7.89. The lowest BCUT2D eigenvalue weighted by Gasteiger charge is -2.34. The number of hydrogen-bond acceptors (Lipinski definition) is 3. The van der Waals surface area contributed by atoms with Crippen LogP contribution in [0.5, 0.6) is 0 Å². The van der Waals surface area contributed by atoms with Crippen molar-refractivity contribution < 1.29 is 17.6 Å². The Morgan fingerprint density at radius 1 is 1.15 bits per heavy atom. The Hall–Kier alpha value is -2.25. The average molecular weight is 374 g/mol. The zero-order valence-electron chi connectivity index (χ0n) is 14.4. The van der Waals surface area contributed by atoms with Gasteiger partial charge in [-0.25, -0.2) is 12.8 Å². The summed E-state index contributed by atoms with van der Waals surface area (Å²) in [7, 11) is -3.69. The van der Waals surface area contributed by atoms with Crippen LogP contribution in [0.4, 0.5) is 4.39 Å². The van der Waals surface area contributed by atoms with E-state index in [4.69, 9.17) is 0 Å². The van der Waals surface area contributed by atoms with E-state index < -0.39 is 15.6 Å². The lowest BCUT2D eigenvalue weighted by molar-refractivity contribution is -0.128. The SMILES string of the molecule is CC(=O)N1CC[C@@]2(C1)c1ccccc1S(=O)(=O)N2Cc1ccc(F)cc1. The van der Waals surface area contributed by atoms with Crippen LogP contribution in [0, 0.1) is 5.82 Å². The van der Waals surface area contributed by atoms with Crippen LogP contribution in [0.25, 0.3) is 0 Å². The van der Waals surface area contributed by atoms with Crippen LogP contribution in [0.15, 0.2) is 53.4 Å². The van der Waals surface area contributed by atoms with Crippen molar-refractivity contribution in [2.24, 2.45) is 0 Å². The number of likely N-dealkylation sites (tertiary alicyclic amines) is 1. The Balaban J connectivity index is 1.82. The molecule has 0 aliphatic carbocycles. The lowest BCUT2D eigenvalue weighted by atomic mass is 9.88. The summed E-state index contributed by atoms with van der Waals surface area (Å²) >= 11 is 0. The number of benzene rings is 2. The number of carbonyl (C=O) groups is 1. The second-order valence-corrected chi connectivity index (χ2v) is 8.69. The van der Waals surface area contributed by atoms with Gasteiger partial charge in [-0.15, -0.1) is 0 Å². The number of amides is 1. The molecule has 0 radical (unpaired) electrons. The van der Waals surface area contributed by atoms with E-state index >= 15 is 0 Å². The minimum Gasteiger partial charge on any atom is -0.341 e. The number of fused-ring (bicyclic) bond motifs is 2. The fourth-order valence-corrected chi connectivity index (χ4v) is 6.09. The maximum atomic E-state index is 13.2. The number of nitrogens with zero attached hydrogens (tertiary/aromatic N) is 2. The highest BCUT2D eigenvalue weighted by Crippen LogP contribution is 2.50. The quantitative estimate of drug-likeness (QED) is 0.812. The van der Waals surface area contributed by atoms with E-state index in [1.54, 1.807) is 29.2 Å². The minimum atomic E-state index is -3.69. The molecule has 0 N–H and O–H groups in total. The van der Waals surface area contributed by atoms with E-state index in [1.165, 1.54) is 23.4 Å². The average Bonchev–Trinajstić information content (AvgIpc) is 3.13. The fourth-order valence-electron chi connectivity index (χ4n) is 4.04. The molecule has 7 heteroatoms. The second-order valence-electron chi connectivity index (χ2n) is 6.86. The van der Waals surface area contributed by atoms with Crippen molar-refractivity contribution in [1.82, 2.24) is 9.21 Å². The van der Waals surface area contributed by atoms with Gasteiger partial charge in [0.15, 0.2) is 0 Å². The molecule has 1 spiro atoms. The van der Waals surface area contributed by atoms with E-state index in [0.717, 1.165) is 5.56 Å². The molecule has 5 nitrogen and oxygen atoms in total. The van der Waals surface area contributed by atoms with Crippen LogP contribution in [0.2, 0.25) is 0 Å². The van der Waals surface area contributed by atoms with Crippen LogP contribution >= 0.6 is 0 Å². The van der Waals surface area contributed by atoms with E-state index in [9.17, 15) is 17.6 Å². The second kappa shape index (κ2) is 5.89. The van der Waals surface area contributed by atoms with Gasteiger partial charge in [-0.05, 0) is 35.7 Å². The van der Waals surface area contributed by atoms with Crippen LogP contribution in [-0.2, 0) is 26.9 Å². The van der Waals surface area contributed by atoms with Gasteiger partial charge in [-0.3, -0.25) is 4.79 Å². The summed E-state index contributed by atoms with van der Waals surface area (Å²) in [6, 6.07) is 12.8. The van der Waals surface area contributed by atoms with Crippen molar-refractivity contribution in [3.8, 4) is 0 Å². The first-order valence-corrected chi connectivity index (χ1v) is 9.91. The van der Waals surface area contributed by atoms with Gasteiger partial charge in [0.05, 0.1) is 10.4 Å². The van der Waals surface area contributed by atoms with Crippen molar-refractivity contribution in [2.45, 2.75) is 30.3 Å². The third-order valence-corrected chi connectivity index (χ3v) is 7.34. The first-order chi connectivity index (χ1) is 12.3. The van der Waals surface area contributed by atoms with E-state index in [-0.39, 0.29) is 18.3 Å². The first kappa shape index (κ1) is 17.2. The molecule has 136 valence electrons. The van der Waals surface area contributed by atoms with Gasteiger partial charge in [0, 0.05) is 26.6 Å². The third kappa shape index (κ3) is 2.46. The Bertz CT molecular complexity index is 975. The molecule has 0 saturated carbocycles. The Labute approximate surface area is 152 Å². The van der Waals surface area contributed by atoms with E-state index in [0.29, 0.717) is 30.0 Å². The molecule has 2 aliphatic rings. The molecule has 2 aromatic rings. The first-order valence-electron chi connectivity index (χ1n) is 8.47. The summed E-state index contributed by atoms with van der Waals surface area (Å²) in [4.78, 5) is 13.9. The molecule has 0 aromatic heterocycles. The number of sulfonamides is 1. The maximum Gasteiger partial charge on any atom is 0.244 e. The molecule has 1 atom stereocenters. The van der Waals surface area contributed by atoms with Gasteiger partial charge in [0.2, 0.25) is 15.9 Å². The summed E-state index contributed by atoms with van der Waals surface area (Å²) in [6.45, 7) is 2.49. The van der Waals surface area contributed by atoms with Crippen LogP contribution in [0.1, 0.15) is 24.5 Å². The zero-order chi connectivity index (χ0) is 18.5. The van der Waals surface area contributed by atoms with Gasteiger partial charge in [0.1, 0.15) is 5.82 Å².